The molecule has 4 heteroatoms. The van der Waals surface area contributed by atoms with Crippen molar-refractivity contribution in [3.63, 3.8) is 0 Å². The normalized spacial score (nSPS) is 10.2. The van der Waals surface area contributed by atoms with Crippen molar-refractivity contribution in [2.45, 2.75) is 13.0 Å². The van der Waals surface area contributed by atoms with Crippen LogP contribution in [0.2, 0.25) is 0 Å². The number of aromatic nitrogens is 1. The fourth-order valence-corrected chi connectivity index (χ4v) is 2.43. The molecule has 0 radical (unpaired) electrons. The van der Waals surface area contributed by atoms with Crippen LogP contribution in [0.25, 0.3) is 0 Å². The number of hydrogen-bond acceptors (Lipinski definition) is 4. The van der Waals surface area contributed by atoms with Gasteiger partial charge in [0.25, 0.3) is 0 Å². The minimum absolute atomic E-state index is 0.0554. The molecule has 0 saturated carbocycles. The molecule has 4 nitrogen and oxygen atoms in total. The molecule has 1 aromatic heterocycles. The van der Waals surface area contributed by atoms with Crippen molar-refractivity contribution in [1.29, 1.82) is 5.26 Å². The molecule has 0 aliphatic rings. The molecule has 1 N–H and O–H groups in total. The number of hydrogen-bond donors (Lipinski definition) is 1. The second kappa shape index (κ2) is 7.40. The van der Waals surface area contributed by atoms with Crippen molar-refractivity contribution >= 4 is 0 Å². The summed E-state index contributed by atoms with van der Waals surface area (Å²) < 4.78 is 5.69. The van der Waals surface area contributed by atoms with E-state index in [1.165, 1.54) is 11.8 Å². The highest BCUT2D eigenvalue weighted by atomic mass is 16.5. The quantitative estimate of drug-likeness (QED) is 0.777. The highest BCUT2D eigenvalue weighted by Crippen LogP contribution is 2.24. The van der Waals surface area contributed by atoms with Gasteiger partial charge < -0.3 is 9.84 Å². The zero-order valence-electron chi connectivity index (χ0n) is 13.0. The standard InChI is InChI=1S/C20H16N2O2/c21-12-16-6-9-20(22-13-16)24-19-8-7-17(18(11-19)14-23)10-15-4-2-1-3-5-15/h1-9,11,13,23H,10,14H2. The zero-order chi connectivity index (χ0) is 16.8. The molecule has 24 heavy (non-hydrogen) atoms. The van der Waals surface area contributed by atoms with Gasteiger partial charge in [-0.3, -0.25) is 0 Å². The number of ether oxygens (including phenoxy) is 1. The second-order valence-electron chi connectivity index (χ2n) is 5.35. The monoisotopic (exact) mass is 316 g/mol. The number of aliphatic hydroxyl groups excluding tert-OH is 1. The predicted octanol–water partition coefficient (Wildman–Crippen LogP) is 3.83. The lowest BCUT2D eigenvalue weighted by atomic mass is 10.00. The van der Waals surface area contributed by atoms with E-state index >= 15 is 0 Å². The van der Waals surface area contributed by atoms with Crippen LogP contribution in [-0.2, 0) is 13.0 Å². The molecule has 0 aliphatic carbocycles. The molecule has 3 rings (SSSR count). The van der Waals surface area contributed by atoms with E-state index in [0.29, 0.717) is 17.2 Å². The lowest BCUT2D eigenvalue weighted by Gasteiger charge is -2.11. The van der Waals surface area contributed by atoms with Gasteiger partial charge in [-0.25, -0.2) is 4.98 Å². The van der Waals surface area contributed by atoms with E-state index < -0.39 is 0 Å². The van der Waals surface area contributed by atoms with E-state index in [1.807, 2.05) is 42.5 Å². The minimum atomic E-state index is -0.0554. The van der Waals surface area contributed by atoms with Gasteiger partial charge in [0.15, 0.2) is 0 Å². The first-order valence-corrected chi connectivity index (χ1v) is 7.59. The summed E-state index contributed by atoms with van der Waals surface area (Å²) in [6.07, 6.45) is 2.22. The van der Waals surface area contributed by atoms with Crippen LogP contribution >= 0.6 is 0 Å². The molecule has 0 fully saturated rings. The van der Waals surface area contributed by atoms with Crippen LogP contribution in [0.4, 0.5) is 0 Å². The Balaban J connectivity index is 1.79. The number of nitriles is 1. The average Bonchev–Trinajstić information content (AvgIpc) is 2.64. The Morgan fingerprint density at radius 3 is 2.50 bits per heavy atom. The van der Waals surface area contributed by atoms with Crippen molar-refractivity contribution in [3.05, 3.63) is 89.1 Å². The van der Waals surface area contributed by atoms with Crippen molar-refractivity contribution < 1.29 is 9.84 Å². The van der Waals surface area contributed by atoms with Crippen LogP contribution < -0.4 is 4.74 Å². The summed E-state index contributed by atoms with van der Waals surface area (Å²) in [5.74, 6) is 1.02. The van der Waals surface area contributed by atoms with E-state index in [2.05, 4.69) is 17.1 Å². The molecule has 0 unspecified atom stereocenters. The molecule has 0 amide bonds. The molecule has 0 atom stereocenters. The van der Waals surface area contributed by atoms with Crippen LogP contribution in [-0.4, -0.2) is 10.1 Å². The summed E-state index contributed by atoms with van der Waals surface area (Å²) in [6, 6.07) is 21.1. The van der Waals surface area contributed by atoms with Crippen molar-refractivity contribution in [2.75, 3.05) is 0 Å². The smallest absolute Gasteiger partial charge is 0.219 e. The maximum absolute atomic E-state index is 9.65. The number of rotatable bonds is 5. The molecule has 1 heterocycles. The van der Waals surface area contributed by atoms with Gasteiger partial charge in [-0.15, -0.1) is 0 Å². The van der Waals surface area contributed by atoms with E-state index in [4.69, 9.17) is 10.00 Å². The first-order chi connectivity index (χ1) is 11.8. The van der Waals surface area contributed by atoms with Crippen LogP contribution in [0.5, 0.6) is 11.6 Å². The van der Waals surface area contributed by atoms with Gasteiger partial charge in [-0.1, -0.05) is 36.4 Å². The van der Waals surface area contributed by atoms with Crippen molar-refractivity contribution in [1.82, 2.24) is 4.98 Å². The van der Waals surface area contributed by atoms with Crippen LogP contribution in [0, 0.1) is 11.3 Å². The Bertz CT molecular complexity index is 853. The Kier molecular flexibility index (Phi) is 4.85. The summed E-state index contributed by atoms with van der Waals surface area (Å²) in [7, 11) is 0. The summed E-state index contributed by atoms with van der Waals surface area (Å²) in [5.41, 5.74) is 3.56. The SMILES string of the molecule is N#Cc1ccc(Oc2ccc(Cc3ccccc3)c(CO)c2)nc1. The van der Waals surface area contributed by atoms with E-state index in [-0.39, 0.29) is 6.61 Å². The maximum atomic E-state index is 9.65. The fourth-order valence-electron chi connectivity index (χ4n) is 2.43. The van der Waals surface area contributed by atoms with Crippen molar-refractivity contribution in [2.24, 2.45) is 0 Å². The summed E-state index contributed by atoms with van der Waals surface area (Å²) >= 11 is 0. The molecular formula is C20H16N2O2. The molecule has 118 valence electrons. The van der Waals surface area contributed by atoms with E-state index in [1.54, 1.807) is 12.1 Å². The zero-order valence-corrected chi connectivity index (χ0v) is 13.0. The number of aliphatic hydroxyl groups is 1. The Morgan fingerprint density at radius 2 is 1.83 bits per heavy atom. The molecule has 0 bridgehead atoms. The highest BCUT2D eigenvalue weighted by molar-refractivity contribution is 5.40. The topological polar surface area (TPSA) is 66.1 Å². The largest absolute Gasteiger partial charge is 0.439 e. The van der Waals surface area contributed by atoms with Gasteiger partial charge in [0.05, 0.1) is 12.2 Å². The van der Waals surface area contributed by atoms with Gasteiger partial charge in [-0.05, 0) is 41.3 Å². The Labute approximate surface area is 140 Å². The van der Waals surface area contributed by atoms with Crippen molar-refractivity contribution in [3.8, 4) is 17.7 Å². The summed E-state index contributed by atoms with van der Waals surface area (Å²) in [4.78, 5) is 4.08. The molecular weight excluding hydrogens is 300 g/mol. The molecule has 0 spiro atoms. The third-order valence-electron chi connectivity index (χ3n) is 3.67. The molecule has 0 saturated heterocycles. The first kappa shape index (κ1) is 15.7. The number of pyridine rings is 1. The van der Waals surface area contributed by atoms with Crippen LogP contribution in [0.3, 0.4) is 0 Å². The Morgan fingerprint density at radius 1 is 1.00 bits per heavy atom. The van der Waals surface area contributed by atoms with Crippen LogP contribution in [0.15, 0.2) is 66.9 Å². The summed E-state index contributed by atoms with van der Waals surface area (Å²) in [5, 5.41) is 18.4. The number of nitrogens with zero attached hydrogens (tertiary/aromatic N) is 2. The van der Waals surface area contributed by atoms with E-state index in [0.717, 1.165) is 17.5 Å². The minimum Gasteiger partial charge on any atom is -0.439 e. The first-order valence-electron chi connectivity index (χ1n) is 7.59. The maximum Gasteiger partial charge on any atom is 0.219 e. The predicted molar refractivity (Wildman–Crippen MR) is 90.6 cm³/mol. The fraction of sp³-hybridized carbons (Fsp3) is 0.100. The molecule has 0 aliphatic heterocycles. The summed E-state index contributed by atoms with van der Waals surface area (Å²) in [6.45, 7) is -0.0554. The lowest BCUT2D eigenvalue weighted by Crippen LogP contribution is -1.97. The molecule has 2 aromatic carbocycles. The van der Waals surface area contributed by atoms with Gasteiger partial charge >= 0.3 is 0 Å². The molecule has 3 aromatic rings. The highest BCUT2D eigenvalue weighted by Gasteiger charge is 2.07. The van der Waals surface area contributed by atoms with E-state index in [9.17, 15) is 5.11 Å². The Hall–Kier alpha value is -3.16. The lowest BCUT2D eigenvalue weighted by molar-refractivity contribution is 0.280. The average molecular weight is 316 g/mol. The third kappa shape index (κ3) is 3.78. The number of benzene rings is 2. The van der Waals surface area contributed by atoms with Gasteiger partial charge in [0.1, 0.15) is 11.8 Å². The van der Waals surface area contributed by atoms with Gasteiger partial charge in [0.2, 0.25) is 5.88 Å². The third-order valence-corrected chi connectivity index (χ3v) is 3.67. The van der Waals surface area contributed by atoms with Gasteiger partial charge in [0, 0.05) is 12.3 Å². The second-order valence-corrected chi connectivity index (χ2v) is 5.35. The van der Waals surface area contributed by atoms with Gasteiger partial charge in [-0.2, -0.15) is 5.26 Å². The van der Waals surface area contributed by atoms with Crippen LogP contribution in [0.1, 0.15) is 22.3 Å².